The molecule has 3 N–H and O–H groups in total. The molecule has 1 aliphatic rings. The number of hydrogen-bond acceptors (Lipinski definition) is 6. The van der Waals surface area contributed by atoms with Crippen LogP contribution < -0.4 is 11.1 Å². The molecule has 3 aromatic rings. The highest BCUT2D eigenvalue weighted by Gasteiger charge is 2.23. The minimum absolute atomic E-state index is 0.228. The molecule has 1 aromatic heterocycles. The van der Waals surface area contributed by atoms with Gasteiger partial charge in [-0.1, -0.05) is 42.0 Å². The van der Waals surface area contributed by atoms with E-state index in [0.29, 0.717) is 18.3 Å². The van der Waals surface area contributed by atoms with Gasteiger partial charge in [-0.3, -0.25) is 4.90 Å². The second kappa shape index (κ2) is 7.90. The van der Waals surface area contributed by atoms with Crippen LogP contribution in [0.1, 0.15) is 17.2 Å². The summed E-state index contributed by atoms with van der Waals surface area (Å²) in [6, 6.07) is 16.8. The second-order valence-electron chi connectivity index (χ2n) is 6.91. The van der Waals surface area contributed by atoms with Gasteiger partial charge in [0.1, 0.15) is 5.82 Å². The lowest BCUT2D eigenvalue weighted by Crippen LogP contribution is -2.41. The van der Waals surface area contributed by atoms with Crippen molar-refractivity contribution < 1.29 is 4.74 Å². The Morgan fingerprint density at radius 1 is 1.07 bits per heavy atom. The molecule has 1 unspecified atom stereocenters. The minimum Gasteiger partial charge on any atom is -0.383 e. The third kappa shape index (κ3) is 4.02. The van der Waals surface area contributed by atoms with Crippen molar-refractivity contribution >= 4 is 22.7 Å². The number of nitrogens with two attached hydrogens (primary N) is 1. The Balaban J connectivity index is 1.57. The van der Waals surface area contributed by atoms with Crippen LogP contribution >= 0.6 is 0 Å². The molecule has 4 rings (SSSR count). The Morgan fingerprint density at radius 2 is 1.81 bits per heavy atom. The maximum Gasteiger partial charge on any atom is 0.225 e. The molecule has 2 heterocycles. The monoisotopic (exact) mass is 363 g/mol. The lowest BCUT2D eigenvalue weighted by molar-refractivity contribution is 0.0187. The molecule has 0 radical (unpaired) electrons. The first kappa shape index (κ1) is 17.7. The highest BCUT2D eigenvalue weighted by atomic mass is 16.5. The number of anilines is 2. The summed E-state index contributed by atoms with van der Waals surface area (Å²) >= 11 is 0. The highest BCUT2D eigenvalue weighted by molar-refractivity contribution is 5.88. The molecule has 1 saturated heterocycles. The maximum atomic E-state index is 6.12. The standard InChI is InChI=1S/C21H25N5O/c1-15-6-8-16(9-7-15)19(26-10-12-27-13-11-26)14-23-21-24-18-5-3-2-4-17(18)20(22)25-21/h2-9,19H,10-14H2,1H3,(H3,22,23,24,25). The number of benzene rings is 2. The number of fused-ring (bicyclic) bond motifs is 1. The van der Waals surface area contributed by atoms with E-state index in [-0.39, 0.29) is 6.04 Å². The molecule has 2 aromatic carbocycles. The average Bonchev–Trinajstić information content (AvgIpc) is 2.70. The predicted octanol–water partition coefficient (Wildman–Crippen LogP) is 3.01. The van der Waals surface area contributed by atoms with Gasteiger partial charge < -0.3 is 15.8 Å². The van der Waals surface area contributed by atoms with Gasteiger partial charge in [0.05, 0.1) is 24.8 Å². The molecule has 140 valence electrons. The van der Waals surface area contributed by atoms with Crippen molar-refractivity contribution in [3.63, 3.8) is 0 Å². The van der Waals surface area contributed by atoms with E-state index in [9.17, 15) is 0 Å². The predicted molar refractivity (Wildman–Crippen MR) is 109 cm³/mol. The zero-order valence-electron chi connectivity index (χ0n) is 15.6. The van der Waals surface area contributed by atoms with Gasteiger partial charge in [-0.15, -0.1) is 0 Å². The van der Waals surface area contributed by atoms with Gasteiger partial charge in [-0.25, -0.2) is 4.98 Å². The summed E-state index contributed by atoms with van der Waals surface area (Å²) in [7, 11) is 0. The minimum atomic E-state index is 0.228. The van der Waals surface area contributed by atoms with Gasteiger partial charge in [-0.2, -0.15) is 4.98 Å². The van der Waals surface area contributed by atoms with Gasteiger partial charge in [0, 0.05) is 25.0 Å². The number of aryl methyl sites for hydroxylation is 1. The van der Waals surface area contributed by atoms with Crippen LogP contribution in [0.25, 0.3) is 10.9 Å². The van der Waals surface area contributed by atoms with Crippen LogP contribution in [0.15, 0.2) is 48.5 Å². The summed E-state index contributed by atoms with van der Waals surface area (Å²) < 4.78 is 5.53. The van der Waals surface area contributed by atoms with E-state index < -0.39 is 0 Å². The number of rotatable bonds is 5. The summed E-state index contributed by atoms with van der Waals surface area (Å²) in [6.07, 6.45) is 0. The molecular weight excluding hydrogens is 338 g/mol. The smallest absolute Gasteiger partial charge is 0.225 e. The lowest BCUT2D eigenvalue weighted by atomic mass is 10.0. The summed E-state index contributed by atoms with van der Waals surface area (Å²) in [5, 5.41) is 4.28. The largest absolute Gasteiger partial charge is 0.383 e. The van der Waals surface area contributed by atoms with Crippen LogP contribution in [-0.2, 0) is 4.74 Å². The topological polar surface area (TPSA) is 76.3 Å². The molecule has 0 aliphatic carbocycles. The fourth-order valence-electron chi connectivity index (χ4n) is 3.50. The van der Waals surface area contributed by atoms with Crippen molar-refractivity contribution in [1.29, 1.82) is 0 Å². The molecule has 6 heteroatoms. The van der Waals surface area contributed by atoms with Crippen molar-refractivity contribution in [2.75, 3.05) is 43.9 Å². The molecule has 1 fully saturated rings. The number of nitrogens with one attached hydrogen (secondary N) is 1. The van der Waals surface area contributed by atoms with E-state index in [0.717, 1.165) is 37.2 Å². The van der Waals surface area contributed by atoms with Crippen LogP contribution in [0.4, 0.5) is 11.8 Å². The van der Waals surface area contributed by atoms with Crippen LogP contribution in [0.5, 0.6) is 0 Å². The number of aromatic nitrogens is 2. The first-order valence-corrected chi connectivity index (χ1v) is 9.35. The van der Waals surface area contributed by atoms with E-state index >= 15 is 0 Å². The first-order valence-electron chi connectivity index (χ1n) is 9.35. The Bertz CT molecular complexity index is 906. The summed E-state index contributed by atoms with van der Waals surface area (Å²) in [5.41, 5.74) is 9.51. The molecule has 6 nitrogen and oxygen atoms in total. The quantitative estimate of drug-likeness (QED) is 0.726. The van der Waals surface area contributed by atoms with E-state index in [2.05, 4.69) is 51.4 Å². The maximum absolute atomic E-state index is 6.12. The van der Waals surface area contributed by atoms with Crippen LogP contribution in [-0.4, -0.2) is 47.7 Å². The van der Waals surface area contributed by atoms with E-state index in [1.807, 2.05) is 24.3 Å². The number of ether oxygens (including phenoxy) is 1. The Morgan fingerprint density at radius 3 is 2.59 bits per heavy atom. The van der Waals surface area contributed by atoms with Gasteiger partial charge in [0.15, 0.2) is 0 Å². The van der Waals surface area contributed by atoms with E-state index in [1.165, 1.54) is 11.1 Å². The lowest BCUT2D eigenvalue weighted by Gasteiger charge is -2.35. The first-order chi connectivity index (χ1) is 13.2. The number of nitrogens with zero attached hydrogens (tertiary/aromatic N) is 3. The molecular formula is C21H25N5O. The highest BCUT2D eigenvalue weighted by Crippen LogP contribution is 2.24. The summed E-state index contributed by atoms with van der Waals surface area (Å²) in [4.78, 5) is 11.5. The van der Waals surface area contributed by atoms with Crippen molar-refractivity contribution in [3.8, 4) is 0 Å². The van der Waals surface area contributed by atoms with Crippen molar-refractivity contribution in [3.05, 3.63) is 59.7 Å². The number of para-hydroxylation sites is 1. The van der Waals surface area contributed by atoms with Crippen LogP contribution in [0, 0.1) is 6.92 Å². The molecule has 0 bridgehead atoms. The van der Waals surface area contributed by atoms with Gasteiger partial charge >= 0.3 is 0 Å². The molecule has 0 amide bonds. The van der Waals surface area contributed by atoms with Gasteiger partial charge in [-0.05, 0) is 24.6 Å². The molecule has 0 spiro atoms. The van der Waals surface area contributed by atoms with Crippen molar-refractivity contribution in [2.45, 2.75) is 13.0 Å². The Hall–Kier alpha value is -2.70. The molecule has 27 heavy (non-hydrogen) atoms. The molecule has 0 saturated carbocycles. The zero-order valence-corrected chi connectivity index (χ0v) is 15.6. The van der Waals surface area contributed by atoms with E-state index in [1.54, 1.807) is 0 Å². The summed E-state index contributed by atoms with van der Waals surface area (Å²) in [6.45, 7) is 6.18. The molecule has 1 aliphatic heterocycles. The van der Waals surface area contributed by atoms with E-state index in [4.69, 9.17) is 10.5 Å². The SMILES string of the molecule is Cc1ccc(C(CNc2nc(N)c3ccccc3n2)N2CCOCC2)cc1. The Labute approximate surface area is 159 Å². The Kier molecular flexibility index (Phi) is 5.18. The van der Waals surface area contributed by atoms with Gasteiger partial charge in [0.2, 0.25) is 5.95 Å². The number of nitrogen functional groups attached to an aromatic ring is 1. The summed E-state index contributed by atoms with van der Waals surface area (Å²) in [5.74, 6) is 1.07. The average molecular weight is 363 g/mol. The van der Waals surface area contributed by atoms with Crippen molar-refractivity contribution in [1.82, 2.24) is 14.9 Å². The zero-order chi connectivity index (χ0) is 18.6. The van der Waals surface area contributed by atoms with Gasteiger partial charge in [0.25, 0.3) is 0 Å². The second-order valence-corrected chi connectivity index (χ2v) is 6.91. The molecule has 1 atom stereocenters. The fourth-order valence-corrected chi connectivity index (χ4v) is 3.50. The normalized spacial score (nSPS) is 16.3. The van der Waals surface area contributed by atoms with Crippen molar-refractivity contribution in [2.24, 2.45) is 0 Å². The number of morpholine rings is 1. The third-order valence-electron chi connectivity index (χ3n) is 5.03. The fraction of sp³-hybridized carbons (Fsp3) is 0.333. The third-order valence-corrected chi connectivity index (χ3v) is 5.03. The van der Waals surface area contributed by atoms with Crippen LogP contribution in [0.3, 0.4) is 0 Å². The number of hydrogen-bond donors (Lipinski definition) is 2. The van der Waals surface area contributed by atoms with Crippen LogP contribution in [0.2, 0.25) is 0 Å².